The Labute approximate surface area is 179 Å². The fourth-order valence-electron chi connectivity index (χ4n) is 3.90. The van der Waals surface area contributed by atoms with Crippen molar-refractivity contribution in [2.45, 2.75) is 25.9 Å². The maximum absolute atomic E-state index is 12.9. The van der Waals surface area contributed by atoms with E-state index in [1.807, 2.05) is 58.3 Å². The maximum Gasteiger partial charge on any atom is 0.274 e. The van der Waals surface area contributed by atoms with E-state index in [0.717, 1.165) is 39.5 Å². The van der Waals surface area contributed by atoms with Crippen molar-refractivity contribution in [3.05, 3.63) is 78.1 Å². The maximum atomic E-state index is 12.9. The zero-order valence-electron chi connectivity index (χ0n) is 16.8. The summed E-state index contributed by atoms with van der Waals surface area (Å²) in [5.41, 5.74) is 3.97. The van der Waals surface area contributed by atoms with Gasteiger partial charge in [-0.15, -0.1) is 0 Å². The Hall–Kier alpha value is -3.12. The van der Waals surface area contributed by atoms with Crippen LogP contribution in [0, 0.1) is 6.92 Å². The molecule has 0 unspecified atom stereocenters. The highest BCUT2D eigenvalue weighted by atomic mass is 32.1. The van der Waals surface area contributed by atoms with E-state index in [4.69, 9.17) is 4.74 Å². The zero-order chi connectivity index (χ0) is 20.5. The number of aryl methyl sites for hydroxylation is 1. The van der Waals surface area contributed by atoms with Gasteiger partial charge < -0.3 is 14.2 Å². The van der Waals surface area contributed by atoms with Crippen LogP contribution in [0.1, 0.15) is 28.8 Å². The molecule has 1 aliphatic heterocycles. The van der Waals surface area contributed by atoms with Crippen LogP contribution < -0.4 is 4.74 Å². The number of carbonyl (C=O) groups excluding carboxylic acids is 1. The summed E-state index contributed by atoms with van der Waals surface area (Å²) >= 11 is 1.59. The van der Waals surface area contributed by atoms with Gasteiger partial charge in [0.1, 0.15) is 6.10 Å². The highest BCUT2D eigenvalue weighted by Crippen LogP contribution is 2.31. The van der Waals surface area contributed by atoms with Gasteiger partial charge in [-0.1, -0.05) is 23.5 Å². The predicted molar refractivity (Wildman–Crippen MR) is 120 cm³/mol. The highest BCUT2D eigenvalue weighted by Gasteiger charge is 2.25. The molecule has 30 heavy (non-hydrogen) atoms. The second kappa shape index (κ2) is 7.95. The fourth-order valence-corrected chi connectivity index (χ4v) is 4.86. The molecule has 1 amide bonds. The first-order chi connectivity index (χ1) is 14.7. The molecule has 0 aliphatic carbocycles. The number of para-hydroxylation sites is 1. The number of ether oxygens (including phenoxy) is 1. The van der Waals surface area contributed by atoms with E-state index >= 15 is 0 Å². The SMILES string of the molecule is Cc1cccc2sc(OC3CCN(C(=O)c4ccc(-n5cccc5)cc4)CC3)nc12. The molecule has 3 heterocycles. The molecule has 0 atom stereocenters. The van der Waals surface area contributed by atoms with Gasteiger partial charge in [-0.25, -0.2) is 4.98 Å². The molecule has 4 aromatic rings. The van der Waals surface area contributed by atoms with Crippen molar-refractivity contribution in [2.24, 2.45) is 0 Å². The lowest BCUT2D eigenvalue weighted by atomic mass is 10.1. The second-order valence-electron chi connectivity index (χ2n) is 7.65. The van der Waals surface area contributed by atoms with Gasteiger partial charge >= 0.3 is 0 Å². The molecule has 0 saturated carbocycles. The summed E-state index contributed by atoms with van der Waals surface area (Å²) in [6.45, 7) is 3.47. The van der Waals surface area contributed by atoms with Gasteiger partial charge in [0.15, 0.2) is 0 Å². The molecule has 1 aliphatic rings. The number of likely N-dealkylation sites (tertiary alicyclic amines) is 1. The molecule has 5 nitrogen and oxygen atoms in total. The summed E-state index contributed by atoms with van der Waals surface area (Å²) in [6, 6.07) is 18.0. The lowest BCUT2D eigenvalue weighted by Gasteiger charge is -2.31. The number of amides is 1. The topological polar surface area (TPSA) is 47.4 Å². The minimum atomic E-state index is 0.0862. The number of nitrogens with zero attached hydrogens (tertiary/aromatic N) is 3. The van der Waals surface area contributed by atoms with Crippen molar-refractivity contribution >= 4 is 27.5 Å². The molecule has 0 N–H and O–H groups in total. The Morgan fingerprint density at radius 1 is 1.03 bits per heavy atom. The van der Waals surface area contributed by atoms with E-state index in [1.54, 1.807) is 11.3 Å². The van der Waals surface area contributed by atoms with E-state index in [1.165, 1.54) is 5.56 Å². The van der Waals surface area contributed by atoms with Crippen LogP contribution in [-0.4, -0.2) is 39.6 Å². The molecule has 2 aromatic heterocycles. The number of hydrogen-bond donors (Lipinski definition) is 0. The van der Waals surface area contributed by atoms with E-state index in [-0.39, 0.29) is 12.0 Å². The molecule has 0 spiro atoms. The van der Waals surface area contributed by atoms with Gasteiger partial charge in [-0.3, -0.25) is 4.79 Å². The molecular weight excluding hydrogens is 394 g/mol. The Morgan fingerprint density at radius 3 is 2.47 bits per heavy atom. The van der Waals surface area contributed by atoms with Crippen LogP contribution in [0.25, 0.3) is 15.9 Å². The summed E-state index contributed by atoms with van der Waals surface area (Å²) in [5, 5.41) is 0.727. The van der Waals surface area contributed by atoms with E-state index in [2.05, 4.69) is 30.1 Å². The van der Waals surface area contributed by atoms with Crippen molar-refractivity contribution in [1.82, 2.24) is 14.5 Å². The third-order valence-corrected chi connectivity index (χ3v) is 6.53. The number of rotatable bonds is 4. The van der Waals surface area contributed by atoms with Crippen molar-refractivity contribution in [1.29, 1.82) is 0 Å². The van der Waals surface area contributed by atoms with Gasteiger partial charge in [0, 0.05) is 49.6 Å². The average molecular weight is 418 g/mol. The van der Waals surface area contributed by atoms with Crippen molar-refractivity contribution < 1.29 is 9.53 Å². The van der Waals surface area contributed by atoms with Gasteiger partial charge in [0.2, 0.25) is 0 Å². The lowest BCUT2D eigenvalue weighted by Crippen LogP contribution is -2.41. The second-order valence-corrected chi connectivity index (χ2v) is 8.64. The first-order valence-electron chi connectivity index (χ1n) is 10.2. The van der Waals surface area contributed by atoms with Crippen LogP contribution in [0.15, 0.2) is 67.0 Å². The monoisotopic (exact) mass is 417 g/mol. The Morgan fingerprint density at radius 2 is 1.77 bits per heavy atom. The van der Waals surface area contributed by atoms with E-state index in [9.17, 15) is 4.79 Å². The number of carbonyl (C=O) groups is 1. The van der Waals surface area contributed by atoms with Crippen LogP contribution in [0.3, 0.4) is 0 Å². The number of benzene rings is 2. The number of hydrogen-bond acceptors (Lipinski definition) is 4. The first kappa shape index (κ1) is 18.9. The number of thiazole rings is 1. The molecule has 1 saturated heterocycles. The third kappa shape index (κ3) is 3.71. The van der Waals surface area contributed by atoms with Gasteiger partial charge in [0.05, 0.1) is 10.2 Å². The van der Waals surface area contributed by atoms with E-state index < -0.39 is 0 Å². The molecule has 6 heteroatoms. The Balaban J connectivity index is 1.20. The first-order valence-corrected chi connectivity index (χ1v) is 11.0. The quantitative estimate of drug-likeness (QED) is 0.465. The molecule has 5 rings (SSSR count). The fraction of sp³-hybridized carbons (Fsp3) is 0.250. The normalized spacial score (nSPS) is 14.9. The smallest absolute Gasteiger partial charge is 0.274 e. The van der Waals surface area contributed by atoms with Crippen LogP contribution in [0.2, 0.25) is 0 Å². The summed E-state index contributed by atoms with van der Waals surface area (Å²) in [7, 11) is 0. The molecule has 152 valence electrons. The summed E-state index contributed by atoms with van der Waals surface area (Å²) in [5.74, 6) is 0.0862. The van der Waals surface area contributed by atoms with E-state index in [0.29, 0.717) is 13.1 Å². The standard InChI is InChI=1S/C24H23N3O2S/c1-17-5-4-6-21-22(17)25-24(30-21)29-20-11-15-27(16-12-20)23(28)18-7-9-19(10-8-18)26-13-2-3-14-26/h2-10,13-14,20H,11-12,15-16H2,1H3. The van der Waals surface area contributed by atoms with Gasteiger partial charge in [-0.05, 0) is 55.0 Å². The van der Waals surface area contributed by atoms with Crippen molar-refractivity contribution in [3.63, 3.8) is 0 Å². The van der Waals surface area contributed by atoms with Crippen LogP contribution in [0.4, 0.5) is 0 Å². The Kier molecular flexibility index (Phi) is 5.01. The minimum absolute atomic E-state index is 0.0862. The van der Waals surface area contributed by atoms with Crippen molar-refractivity contribution in [3.8, 4) is 10.9 Å². The van der Waals surface area contributed by atoms with Crippen molar-refractivity contribution in [2.75, 3.05) is 13.1 Å². The van der Waals surface area contributed by atoms with Crippen LogP contribution >= 0.6 is 11.3 Å². The molecule has 2 aromatic carbocycles. The molecule has 0 radical (unpaired) electrons. The third-order valence-electron chi connectivity index (χ3n) is 5.61. The predicted octanol–water partition coefficient (Wildman–Crippen LogP) is 5.08. The van der Waals surface area contributed by atoms with Crippen LogP contribution in [-0.2, 0) is 0 Å². The summed E-state index contributed by atoms with van der Waals surface area (Å²) in [6.07, 6.45) is 5.73. The molecule has 0 bridgehead atoms. The molecule has 1 fully saturated rings. The summed E-state index contributed by atoms with van der Waals surface area (Å²) < 4.78 is 9.33. The number of piperidine rings is 1. The highest BCUT2D eigenvalue weighted by molar-refractivity contribution is 7.20. The minimum Gasteiger partial charge on any atom is -0.467 e. The Bertz CT molecular complexity index is 1160. The largest absolute Gasteiger partial charge is 0.467 e. The van der Waals surface area contributed by atoms with Crippen LogP contribution in [0.5, 0.6) is 5.19 Å². The molecular formula is C24H23N3O2S. The van der Waals surface area contributed by atoms with Gasteiger partial charge in [0.25, 0.3) is 11.1 Å². The lowest BCUT2D eigenvalue weighted by molar-refractivity contribution is 0.0595. The number of fused-ring (bicyclic) bond motifs is 1. The van der Waals surface area contributed by atoms with Gasteiger partial charge in [-0.2, -0.15) is 0 Å². The zero-order valence-corrected chi connectivity index (χ0v) is 17.6. The number of aromatic nitrogens is 2. The average Bonchev–Trinajstić information content (AvgIpc) is 3.45. The summed E-state index contributed by atoms with van der Waals surface area (Å²) in [4.78, 5) is 19.5.